The van der Waals surface area contributed by atoms with E-state index in [4.69, 9.17) is 5.11 Å². The fraction of sp³-hybridized carbons (Fsp3) is 0.867. The highest BCUT2D eigenvalue weighted by molar-refractivity contribution is 5.84. The molecule has 0 aliphatic heterocycles. The molecule has 0 aromatic heterocycles. The summed E-state index contributed by atoms with van der Waals surface area (Å²) in [7, 11) is 0. The molecule has 0 rings (SSSR count). The average molecular weight is 320 g/mol. The van der Waals surface area contributed by atoms with E-state index < -0.39 is 30.1 Å². The van der Waals surface area contributed by atoms with Crippen LogP contribution in [0.25, 0.3) is 0 Å². The monoisotopic (exact) mass is 320 g/mol. The number of hydrogen-bond donors (Lipinski definition) is 4. The fourth-order valence-corrected chi connectivity index (χ4v) is 1.79. The number of nitrogens with zero attached hydrogens (tertiary/aromatic N) is 1. The van der Waals surface area contributed by atoms with Gasteiger partial charge < -0.3 is 25.5 Å². The van der Waals surface area contributed by atoms with Gasteiger partial charge in [-0.25, -0.2) is 0 Å². The van der Waals surface area contributed by atoms with Gasteiger partial charge in [0.1, 0.15) is 6.04 Å². The van der Waals surface area contributed by atoms with Gasteiger partial charge in [0.2, 0.25) is 5.91 Å². The van der Waals surface area contributed by atoms with Gasteiger partial charge in [0.15, 0.2) is 0 Å². The Morgan fingerprint density at radius 3 is 1.86 bits per heavy atom. The van der Waals surface area contributed by atoms with Crippen molar-refractivity contribution in [3.63, 3.8) is 0 Å². The van der Waals surface area contributed by atoms with Gasteiger partial charge in [-0.15, -0.1) is 0 Å². The molecule has 0 aliphatic rings. The third-order valence-corrected chi connectivity index (χ3v) is 2.64. The van der Waals surface area contributed by atoms with E-state index in [1.54, 1.807) is 0 Å². The van der Waals surface area contributed by atoms with Crippen molar-refractivity contribution in [3.05, 3.63) is 0 Å². The zero-order valence-corrected chi connectivity index (χ0v) is 14.4. The Bertz CT molecular complexity index is 298. The second-order valence-corrected chi connectivity index (χ2v) is 5.05. The van der Waals surface area contributed by atoms with E-state index in [9.17, 15) is 19.8 Å². The lowest BCUT2D eigenvalue weighted by Gasteiger charge is -2.26. The number of carboxylic acids is 1. The van der Waals surface area contributed by atoms with Crippen molar-refractivity contribution in [3.8, 4) is 0 Å². The summed E-state index contributed by atoms with van der Waals surface area (Å²) in [5, 5.41) is 30.6. The largest absolute Gasteiger partial charge is 0.480 e. The van der Waals surface area contributed by atoms with Gasteiger partial charge in [-0.05, 0) is 26.8 Å². The van der Waals surface area contributed by atoms with Crippen LogP contribution in [0.4, 0.5) is 0 Å². The summed E-state index contributed by atoms with van der Waals surface area (Å²) in [6.45, 7) is 9.63. The summed E-state index contributed by atoms with van der Waals surface area (Å²) >= 11 is 0. The molecule has 0 saturated carbocycles. The molecule has 0 radical (unpaired) electrons. The number of aliphatic hydroxyl groups is 2. The van der Waals surface area contributed by atoms with E-state index in [-0.39, 0.29) is 19.5 Å². The van der Waals surface area contributed by atoms with Gasteiger partial charge in [0.05, 0.1) is 18.6 Å². The summed E-state index contributed by atoms with van der Waals surface area (Å²) in [6, 6.07) is -0.951. The van der Waals surface area contributed by atoms with Crippen LogP contribution in [-0.2, 0) is 9.59 Å². The number of aliphatic carboxylic acids is 1. The molecule has 22 heavy (non-hydrogen) atoms. The number of amides is 1. The zero-order valence-electron chi connectivity index (χ0n) is 14.4. The van der Waals surface area contributed by atoms with Crippen LogP contribution in [0.5, 0.6) is 0 Å². The molecule has 0 saturated heterocycles. The molecule has 1 amide bonds. The molecule has 0 aromatic rings. The van der Waals surface area contributed by atoms with Crippen molar-refractivity contribution in [1.82, 2.24) is 10.2 Å². The van der Waals surface area contributed by atoms with Crippen LogP contribution in [0.1, 0.15) is 47.5 Å². The van der Waals surface area contributed by atoms with Crippen molar-refractivity contribution in [2.75, 3.05) is 19.6 Å². The predicted molar refractivity (Wildman–Crippen MR) is 85.6 cm³/mol. The molecule has 0 heterocycles. The number of carbonyl (C=O) groups is 2. The first kappa shape index (κ1) is 23.1. The standard InChI is InChI=1S/C13H26N2O5.C2H6/c1-4-5-14-11(13(19)20)6-12(18)15(7-9(2)16)8-10(3)17;1-2/h9-11,14,16-17H,4-8H2,1-3H3,(H,19,20);1-2H3. The topological polar surface area (TPSA) is 110 Å². The van der Waals surface area contributed by atoms with Crippen molar-refractivity contribution in [2.24, 2.45) is 0 Å². The molecule has 0 aromatic carbocycles. The summed E-state index contributed by atoms with van der Waals surface area (Å²) in [5.74, 6) is -1.48. The normalized spacial score (nSPS) is 14.3. The number of carboxylic acid groups (broad SMARTS) is 1. The maximum atomic E-state index is 12.1. The average Bonchev–Trinajstić information content (AvgIpc) is 2.43. The highest BCUT2D eigenvalue weighted by atomic mass is 16.4. The molecule has 4 N–H and O–H groups in total. The van der Waals surface area contributed by atoms with Crippen LogP contribution in [0.3, 0.4) is 0 Å². The molecule has 7 heteroatoms. The van der Waals surface area contributed by atoms with Crippen molar-refractivity contribution >= 4 is 11.9 Å². The Morgan fingerprint density at radius 2 is 1.55 bits per heavy atom. The van der Waals surface area contributed by atoms with Gasteiger partial charge in [0.25, 0.3) is 0 Å². The molecular formula is C15H32N2O5. The minimum atomic E-state index is -1.08. The molecule has 0 fully saturated rings. The Hall–Kier alpha value is -1.18. The third kappa shape index (κ3) is 11.5. The van der Waals surface area contributed by atoms with E-state index >= 15 is 0 Å². The minimum Gasteiger partial charge on any atom is -0.480 e. The summed E-state index contributed by atoms with van der Waals surface area (Å²) < 4.78 is 0. The van der Waals surface area contributed by atoms with Crippen molar-refractivity contribution in [1.29, 1.82) is 0 Å². The summed E-state index contributed by atoms with van der Waals surface area (Å²) in [5.41, 5.74) is 0. The lowest BCUT2D eigenvalue weighted by atomic mass is 10.1. The molecular weight excluding hydrogens is 288 g/mol. The summed E-state index contributed by atoms with van der Waals surface area (Å²) in [6.07, 6.45) is -0.896. The van der Waals surface area contributed by atoms with E-state index in [0.717, 1.165) is 6.42 Å². The maximum Gasteiger partial charge on any atom is 0.321 e. The van der Waals surface area contributed by atoms with Gasteiger partial charge in [-0.1, -0.05) is 20.8 Å². The first-order valence-corrected chi connectivity index (χ1v) is 7.88. The molecule has 0 spiro atoms. The molecule has 0 bridgehead atoms. The van der Waals surface area contributed by atoms with Crippen LogP contribution < -0.4 is 5.32 Å². The fourth-order valence-electron chi connectivity index (χ4n) is 1.79. The predicted octanol–water partition coefficient (Wildman–Crippen LogP) is 0.446. The van der Waals surface area contributed by atoms with Crippen LogP contribution in [0, 0.1) is 0 Å². The molecule has 0 aliphatic carbocycles. The first-order chi connectivity index (χ1) is 10.3. The van der Waals surface area contributed by atoms with Gasteiger partial charge in [0, 0.05) is 13.1 Å². The van der Waals surface area contributed by atoms with Crippen molar-refractivity contribution < 1.29 is 24.9 Å². The van der Waals surface area contributed by atoms with Crippen LogP contribution in [-0.4, -0.2) is 70.0 Å². The molecule has 3 unspecified atom stereocenters. The lowest BCUT2D eigenvalue weighted by molar-refractivity contribution is -0.144. The zero-order chi connectivity index (χ0) is 17.7. The SMILES string of the molecule is CC.CCCNC(CC(=O)N(CC(C)O)CC(C)O)C(=O)O. The van der Waals surface area contributed by atoms with E-state index in [2.05, 4.69) is 5.32 Å². The first-order valence-electron chi connectivity index (χ1n) is 7.88. The maximum absolute atomic E-state index is 12.1. The Balaban J connectivity index is 0. The Labute approximate surface area is 133 Å². The van der Waals surface area contributed by atoms with Crippen molar-refractivity contribution in [2.45, 2.75) is 65.7 Å². The number of aliphatic hydroxyl groups excluding tert-OH is 2. The molecule has 7 nitrogen and oxygen atoms in total. The highest BCUT2D eigenvalue weighted by Gasteiger charge is 2.25. The smallest absolute Gasteiger partial charge is 0.321 e. The molecule has 3 atom stereocenters. The highest BCUT2D eigenvalue weighted by Crippen LogP contribution is 2.03. The summed E-state index contributed by atoms with van der Waals surface area (Å²) in [4.78, 5) is 24.5. The number of rotatable bonds is 10. The second kappa shape index (κ2) is 13.5. The third-order valence-electron chi connectivity index (χ3n) is 2.64. The number of carbonyl (C=O) groups excluding carboxylic acids is 1. The van der Waals surface area contributed by atoms with E-state index in [1.165, 1.54) is 18.7 Å². The van der Waals surface area contributed by atoms with E-state index in [1.807, 2.05) is 20.8 Å². The van der Waals surface area contributed by atoms with Gasteiger partial charge >= 0.3 is 5.97 Å². The van der Waals surface area contributed by atoms with Crippen LogP contribution >= 0.6 is 0 Å². The quantitative estimate of drug-likeness (QED) is 0.465. The molecule has 132 valence electrons. The number of hydrogen-bond acceptors (Lipinski definition) is 5. The second-order valence-electron chi connectivity index (χ2n) is 5.05. The van der Waals surface area contributed by atoms with Gasteiger partial charge in [-0.3, -0.25) is 9.59 Å². The van der Waals surface area contributed by atoms with E-state index in [0.29, 0.717) is 6.54 Å². The Kier molecular flexibility index (Phi) is 14.1. The lowest BCUT2D eigenvalue weighted by Crippen LogP contribution is -2.46. The number of nitrogens with one attached hydrogen (secondary N) is 1. The van der Waals surface area contributed by atoms with Gasteiger partial charge in [-0.2, -0.15) is 0 Å². The van der Waals surface area contributed by atoms with Crippen LogP contribution in [0.2, 0.25) is 0 Å². The Morgan fingerprint density at radius 1 is 1.09 bits per heavy atom. The minimum absolute atomic E-state index is 0.0733. The van der Waals surface area contributed by atoms with Crippen LogP contribution in [0.15, 0.2) is 0 Å².